The number of carbonyl (C=O) groups is 2. The van der Waals surface area contributed by atoms with Crippen molar-refractivity contribution in [3.63, 3.8) is 0 Å². The summed E-state index contributed by atoms with van der Waals surface area (Å²) in [7, 11) is -3.93. The Bertz CT molecular complexity index is 1080. The molecule has 0 aliphatic carbocycles. The molecule has 0 spiro atoms. The van der Waals surface area contributed by atoms with Crippen LogP contribution in [0.5, 0.6) is 0 Å². The minimum absolute atomic E-state index is 0.0314. The molecular weight excluding hydrogens is 421 g/mol. The Morgan fingerprint density at radius 1 is 0.966 bits per heavy atom. The highest BCUT2D eigenvalue weighted by atomic mass is 35.5. The number of benzene rings is 2. The van der Waals surface area contributed by atoms with Gasteiger partial charge >= 0.3 is 0 Å². The van der Waals surface area contributed by atoms with Gasteiger partial charge in [0.1, 0.15) is 5.82 Å². The van der Waals surface area contributed by atoms with Crippen molar-refractivity contribution in [1.82, 2.24) is 9.80 Å². The maximum atomic E-state index is 13.2. The fourth-order valence-electron chi connectivity index (χ4n) is 3.12. The summed E-state index contributed by atoms with van der Waals surface area (Å²) in [6.07, 6.45) is 0. The molecule has 0 unspecified atom stereocenters. The van der Waals surface area contributed by atoms with Crippen LogP contribution in [0.3, 0.4) is 0 Å². The number of sulfonamides is 1. The average Bonchev–Trinajstić information content (AvgIpc) is 2.66. The Morgan fingerprint density at radius 3 is 2.03 bits per heavy atom. The predicted molar refractivity (Wildman–Crippen MR) is 106 cm³/mol. The predicted octanol–water partition coefficient (Wildman–Crippen LogP) is 2.03. The summed E-state index contributed by atoms with van der Waals surface area (Å²) < 4.78 is 36.3. The van der Waals surface area contributed by atoms with Gasteiger partial charge in [-0.05, 0) is 42.8 Å². The van der Waals surface area contributed by atoms with E-state index in [1.165, 1.54) is 35.2 Å². The first-order valence-electron chi connectivity index (χ1n) is 8.75. The molecule has 3 rings (SSSR count). The lowest BCUT2D eigenvalue weighted by atomic mass is 10.1. The molecule has 2 amide bonds. The van der Waals surface area contributed by atoms with Crippen LogP contribution in [-0.4, -0.2) is 56.2 Å². The van der Waals surface area contributed by atoms with E-state index in [-0.39, 0.29) is 59.0 Å². The number of piperazine rings is 1. The number of rotatable bonds is 3. The van der Waals surface area contributed by atoms with E-state index in [0.29, 0.717) is 5.56 Å². The minimum Gasteiger partial charge on any atom is -0.335 e. The zero-order valence-corrected chi connectivity index (χ0v) is 17.1. The molecule has 0 radical (unpaired) electrons. The summed E-state index contributed by atoms with van der Waals surface area (Å²) in [5.41, 5.74) is 1.07. The molecule has 29 heavy (non-hydrogen) atoms. The van der Waals surface area contributed by atoms with Crippen molar-refractivity contribution >= 4 is 33.4 Å². The van der Waals surface area contributed by atoms with E-state index >= 15 is 0 Å². The van der Waals surface area contributed by atoms with Crippen LogP contribution in [0.15, 0.2) is 41.3 Å². The number of nitrogens with two attached hydrogens (primary N) is 1. The summed E-state index contributed by atoms with van der Waals surface area (Å²) in [6.45, 7) is 2.78. The molecule has 10 heteroatoms. The van der Waals surface area contributed by atoms with Crippen LogP contribution in [0, 0.1) is 12.7 Å². The van der Waals surface area contributed by atoms with Gasteiger partial charge in [0.15, 0.2) is 0 Å². The molecule has 2 N–H and O–H groups in total. The van der Waals surface area contributed by atoms with E-state index in [0.717, 1.165) is 6.07 Å². The number of halogens is 2. The first kappa shape index (κ1) is 21.2. The number of nitrogens with zero attached hydrogens (tertiary/aromatic N) is 2. The van der Waals surface area contributed by atoms with Crippen molar-refractivity contribution in [2.24, 2.45) is 5.14 Å². The highest BCUT2D eigenvalue weighted by molar-refractivity contribution is 7.89. The molecule has 0 saturated carbocycles. The largest absolute Gasteiger partial charge is 0.335 e. The summed E-state index contributed by atoms with van der Waals surface area (Å²) >= 11 is 5.96. The number of primary sulfonamides is 1. The molecule has 154 valence electrons. The van der Waals surface area contributed by atoms with E-state index in [1.807, 2.05) is 0 Å². The normalized spacial score (nSPS) is 14.8. The molecule has 1 saturated heterocycles. The third-order valence-electron chi connectivity index (χ3n) is 4.78. The van der Waals surface area contributed by atoms with E-state index in [4.69, 9.17) is 16.7 Å². The summed E-state index contributed by atoms with van der Waals surface area (Å²) in [6, 6.07) is 7.73. The van der Waals surface area contributed by atoms with Gasteiger partial charge in [-0.3, -0.25) is 9.59 Å². The van der Waals surface area contributed by atoms with Gasteiger partial charge in [-0.1, -0.05) is 17.7 Å². The molecule has 7 nitrogen and oxygen atoms in total. The lowest BCUT2D eigenvalue weighted by Crippen LogP contribution is -2.50. The lowest BCUT2D eigenvalue weighted by Gasteiger charge is -2.35. The van der Waals surface area contributed by atoms with Crippen molar-refractivity contribution in [2.75, 3.05) is 26.2 Å². The van der Waals surface area contributed by atoms with Crippen LogP contribution in [0.4, 0.5) is 4.39 Å². The molecule has 2 aromatic carbocycles. The Balaban J connectivity index is 1.72. The molecule has 0 atom stereocenters. The van der Waals surface area contributed by atoms with Gasteiger partial charge in [-0.25, -0.2) is 17.9 Å². The quantitative estimate of drug-likeness (QED) is 0.790. The monoisotopic (exact) mass is 439 g/mol. The van der Waals surface area contributed by atoms with Gasteiger partial charge < -0.3 is 9.80 Å². The summed E-state index contributed by atoms with van der Waals surface area (Å²) in [5, 5.41) is 5.18. The molecule has 1 heterocycles. The van der Waals surface area contributed by atoms with E-state index in [2.05, 4.69) is 0 Å². The second-order valence-corrected chi connectivity index (χ2v) is 8.70. The van der Waals surface area contributed by atoms with Crippen LogP contribution in [0.2, 0.25) is 5.02 Å². The van der Waals surface area contributed by atoms with E-state index < -0.39 is 15.8 Å². The fraction of sp³-hybridized carbons (Fsp3) is 0.263. The van der Waals surface area contributed by atoms with Gasteiger partial charge in [0, 0.05) is 31.7 Å². The second kappa shape index (κ2) is 8.10. The maximum absolute atomic E-state index is 13.2. The highest BCUT2D eigenvalue weighted by Crippen LogP contribution is 2.21. The molecule has 1 aliphatic rings. The van der Waals surface area contributed by atoms with Crippen LogP contribution in [0.1, 0.15) is 26.3 Å². The Morgan fingerprint density at radius 2 is 1.52 bits per heavy atom. The van der Waals surface area contributed by atoms with Crippen LogP contribution in [-0.2, 0) is 10.0 Å². The zero-order valence-electron chi connectivity index (χ0n) is 15.6. The first-order valence-corrected chi connectivity index (χ1v) is 10.7. The first-order chi connectivity index (χ1) is 13.6. The Hall–Kier alpha value is -2.49. The third-order valence-corrected chi connectivity index (χ3v) is 6.01. The van der Waals surface area contributed by atoms with Crippen molar-refractivity contribution in [2.45, 2.75) is 11.8 Å². The second-order valence-electron chi connectivity index (χ2n) is 6.73. The van der Waals surface area contributed by atoms with Crippen LogP contribution >= 0.6 is 11.6 Å². The summed E-state index contributed by atoms with van der Waals surface area (Å²) in [4.78, 5) is 28.4. The molecule has 1 fully saturated rings. The number of hydrogen-bond acceptors (Lipinski definition) is 4. The van der Waals surface area contributed by atoms with Crippen molar-refractivity contribution in [3.8, 4) is 0 Å². The van der Waals surface area contributed by atoms with Crippen molar-refractivity contribution < 1.29 is 22.4 Å². The van der Waals surface area contributed by atoms with E-state index in [1.54, 1.807) is 11.8 Å². The minimum atomic E-state index is -3.93. The molecule has 1 aliphatic heterocycles. The third kappa shape index (κ3) is 4.58. The average molecular weight is 440 g/mol. The van der Waals surface area contributed by atoms with Crippen molar-refractivity contribution in [1.29, 1.82) is 0 Å². The number of aryl methyl sites for hydroxylation is 1. The molecule has 0 aromatic heterocycles. The van der Waals surface area contributed by atoms with Gasteiger partial charge in [-0.15, -0.1) is 0 Å². The van der Waals surface area contributed by atoms with E-state index in [9.17, 15) is 22.4 Å². The molecule has 2 aromatic rings. The maximum Gasteiger partial charge on any atom is 0.255 e. The smallest absolute Gasteiger partial charge is 0.255 e. The number of carbonyl (C=O) groups excluding carboxylic acids is 2. The van der Waals surface area contributed by atoms with Gasteiger partial charge in [0.2, 0.25) is 10.0 Å². The van der Waals surface area contributed by atoms with Gasteiger partial charge in [0.25, 0.3) is 11.8 Å². The SMILES string of the molecule is Cc1ccc(S(N)(=O)=O)cc1C(=O)N1CCN(C(=O)c2ccc(F)cc2Cl)CC1. The number of amides is 2. The standard InChI is InChI=1S/C19H19ClFN3O4S/c1-12-2-4-14(29(22,27)28)11-16(12)19(26)24-8-6-23(7-9-24)18(25)15-5-3-13(21)10-17(15)20/h2-5,10-11H,6-9H2,1H3,(H2,22,27,28). The Kier molecular flexibility index (Phi) is 5.92. The van der Waals surface area contributed by atoms with Crippen molar-refractivity contribution in [3.05, 3.63) is 63.9 Å². The Labute approximate surface area is 172 Å². The van der Waals surface area contributed by atoms with Gasteiger partial charge in [0.05, 0.1) is 15.5 Å². The van der Waals surface area contributed by atoms with Gasteiger partial charge in [-0.2, -0.15) is 0 Å². The summed E-state index contributed by atoms with van der Waals surface area (Å²) in [5.74, 6) is -1.20. The zero-order chi connectivity index (χ0) is 21.3. The van der Waals surface area contributed by atoms with Crippen LogP contribution < -0.4 is 5.14 Å². The topological polar surface area (TPSA) is 101 Å². The number of hydrogen-bond donors (Lipinski definition) is 1. The lowest BCUT2D eigenvalue weighted by molar-refractivity contribution is 0.0535. The highest BCUT2D eigenvalue weighted by Gasteiger charge is 2.27. The molecule has 0 bridgehead atoms. The van der Waals surface area contributed by atoms with Crippen LogP contribution in [0.25, 0.3) is 0 Å². The molecular formula is C19H19ClFN3O4S. The fourth-order valence-corrected chi connectivity index (χ4v) is 3.91.